The van der Waals surface area contributed by atoms with Crippen molar-refractivity contribution in [3.05, 3.63) is 65.2 Å². The predicted molar refractivity (Wildman–Crippen MR) is 81.8 cm³/mol. The van der Waals surface area contributed by atoms with Gasteiger partial charge in [-0.2, -0.15) is 0 Å². The number of benzene rings is 2. The van der Waals surface area contributed by atoms with E-state index in [1.165, 1.54) is 12.1 Å². The second kappa shape index (κ2) is 6.70. The summed E-state index contributed by atoms with van der Waals surface area (Å²) < 4.78 is 0. The van der Waals surface area contributed by atoms with Gasteiger partial charge in [0.15, 0.2) is 0 Å². The van der Waals surface area contributed by atoms with Crippen molar-refractivity contribution in [3.8, 4) is 0 Å². The SMILES string of the molecule is CCCc1ccccc1NC(=O)c1cccc(C(=O)O)c1. The van der Waals surface area contributed by atoms with Crippen LogP contribution in [0.25, 0.3) is 0 Å². The van der Waals surface area contributed by atoms with Gasteiger partial charge in [-0.15, -0.1) is 0 Å². The van der Waals surface area contributed by atoms with Gasteiger partial charge in [0.2, 0.25) is 0 Å². The zero-order valence-electron chi connectivity index (χ0n) is 11.8. The minimum Gasteiger partial charge on any atom is -0.478 e. The molecule has 4 heteroatoms. The number of aromatic carboxylic acids is 1. The summed E-state index contributed by atoms with van der Waals surface area (Å²) in [6, 6.07) is 13.6. The highest BCUT2D eigenvalue weighted by Crippen LogP contribution is 2.18. The van der Waals surface area contributed by atoms with Gasteiger partial charge in [0.05, 0.1) is 5.56 Å². The number of carbonyl (C=O) groups is 2. The van der Waals surface area contributed by atoms with E-state index in [-0.39, 0.29) is 11.5 Å². The Morgan fingerprint density at radius 1 is 1.05 bits per heavy atom. The maximum absolute atomic E-state index is 12.2. The molecule has 0 saturated heterocycles. The molecule has 108 valence electrons. The Kier molecular flexibility index (Phi) is 4.72. The average molecular weight is 283 g/mol. The van der Waals surface area contributed by atoms with Crippen LogP contribution in [0, 0.1) is 0 Å². The quantitative estimate of drug-likeness (QED) is 0.881. The highest BCUT2D eigenvalue weighted by molar-refractivity contribution is 6.05. The number of hydrogen-bond acceptors (Lipinski definition) is 2. The Balaban J connectivity index is 2.22. The molecule has 4 nitrogen and oxygen atoms in total. The number of aryl methyl sites for hydroxylation is 1. The summed E-state index contributed by atoms with van der Waals surface area (Å²) >= 11 is 0. The topological polar surface area (TPSA) is 66.4 Å². The summed E-state index contributed by atoms with van der Waals surface area (Å²) in [6.45, 7) is 2.08. The van der Waals surface area contributed by atoms with Crippen molar-refractivity contribution in [3.63, 3.8) is 0 Å². The number of carboxylic acids is 1. The Morgan fingerprint density at radius 3 is 2.48 bits per heavy atom. The third kappa shape index (κ3) is 3.69. The standard InChI is InChI=1S/C17H17NO3/c1-2-6-12-7-3-4-10-15(12)18-16(19)13-8-5-9-14(11-13)17(20)21/h3-5,7-11H,2,6H2,1H3,(H,18,19)(H,20,21). The minimum absolute atomic E-state index is 0.101. The lowest BCUT2D eigenvalue weighted by Crippen LogP contribution is -2.14. The van der Waals surface area contributed by atoms with Crippen LogP contribution in [0.1, 0.15) is 39.6 Å². The molecule has 0 spiro atoms. The van der Waals surface area contributed by atoms with Crippen LogP contribution in [0.5, 0.6) is 0 Å². The normalized spacial score (nSPS) is 10.1. The molecule has 0 fully saturated rings. The molecule has 0 radical (unpaired) electrons. The van der Waals surface area contributed by atoms with Crippen molar-refractivity contribution in [2.45, 2.75) is 19.8 Å². The van der Waals surface area contributed by atoms with Crippen LogP contribution < -0.4 is 5.32 Å². The first-order chi connectivity index (χ1) is 10.1. The van der Waals surface area contributed by atoms with Crippen LogP contribution in [-0.2, 0) is 6.42 Å². The fourth-order valence-corrected chi connectivity index (χ4v) is 2.12. The monoisotopic (exact) mass is 283 g/mol. The molecule has 0 aliphatic carbocycles. The van der Waals surface area contributed by atoms with Crippen molar-refractivity contribution in [1.82, 2.24) is 0 Å². The van der Waals surface area contributed by atoms with Gasteiger partial charge in [0.25, 0.3) is 5.91 Å². The Morgan fingerprint density at radius 2 is 1.76 bits per heavy atom. The summed E-state index contributed by atoms with van der Waals surface area (Å²) in [6.07, 6.45) is 1.87. The third-order valence-corrected chi connectivity index (χ3v) is 3.16. The number of carboxylic acid groups (broad SMARTS) is 1. The summed E-state index contributed by atoms with van der Waals surface area (Å²) in [5, 5.41) is 11.8. The third-order valence-electron chi connectivity index (χ3n) is 3.16. The first kappa shape index (κ1) is 14.8. The molecule has 2 rings (SSSR count). The zero-order chi connectivity index (χ0) is 15.2. The fourth-order valence-electron chi connectivity index (χ4n) is 2.12. The van der Waals surface area contributed by atoms with Crippen molar-refractivity contribution in [2.24, 2.45) is 0 Å². The highest BCUT2D eigenvalue weighted by Gasteiger charge is 2.11. The molecule has 0 aliphatic heterocycles. The van der Waals surface area contributed by atoms with Gasteiger partial charge in [-0.3, -0.25) is 4.79 Å². The van der Waals surface area contributed by atoms with E-state index >= 15 is 0 Å². The predicted octanol–water partition coefficient (Wildman–Crippen LogP) is 3.59. The van der Waals surface area contributed by atoms with E-state index in [0.29, 0.717) is 5.56 Å². The largest absolute Gasteiger partial charge is 0.478 e. The molecule has 0 unspecified atom stereocenters. The second-order valence-electron chi connectivity index (χ2n) is 4.75. The molecule has 0 heterocycles. The molecule has 21 heavy (non-hydrogen) atoms. The smallest absolute Gasteiger partial charge is 0.335 e. The maximum Gasteiger partial charge on any atom is 0.335 e. The fraction of sp³-hybridized carbons (Fsp3) is 0.176. The summed E-state index contributed by atoms with van der Waals surface area (Å²) in [5.74, 6) is -1.35. The Hall–Kier alpha value is -2.62. The van der Waals surface area contributed by atoms with E-state index < -0.39 is 5.97 Å². The van der Waals surface area contributed by atoms with Gasteiger partial charge >= 0.3 is 5.97 Å². The number of para-hydroxylation sites is 1. The molecular formula is C17H17NO3. The van der Waals surface area contributed by atoms with Gasteiger partial charge in [0.1, 0.15) is 0 Å². The molecule has 2 aromatic rings. The molecule has 0 aromatic heterocycles. The zero-order valence-corrected chi connectivity index (χ0v) is 11.8. The van der Waals surface area contributed by atoms with Crippen LogP contribution in [0.15, 0.2) is 48.5 Å². The van der Waals surface area contributed by atoms with E-state index in [2.05, 4.69) is 12.2 Å². The first-order valence-corrected chi connectivity index (χ1v) is 6.84. The van der Waals surface area contributed by atoms with Crippen molar-refractivity contribution in [1.29, 1.82) is 0 Å². The number of rotatable bonds is 5. The van der Waals surface area contributed by atoms with Crippen LogP contribution in [0.2, 0.25) is 0 Å². The van der Waals surface area contributed by atoms with E-state index in [4.69, 9.17) is 5.11 Å². The van der Waals surface area contributed by atoms with Crippen LogP contribution >= 0.6 is 0 Å². The number of amides is 1. The van der Waals surface area contributed by atoms with Crippen molar-refractivity contribution < 1.29 is 14.7 Å². The van der Waals surface area contributed by atoms with Gasteiger partial charge in [-0.25, -0.2) is 4.79 Å². The lowest BCUT2D eigenvalue weighted by atomic mass is 10.1. The summed E-state index contributed by atoms with van der Waals surface area (Å²) in [5.41, 5.74) is 2.28. The molecule has 0 saturated carbocycles. The van der Waals surface area contributed by atoms with E-state index in [0.717, 1.165) is 24.1 Å². The van der Waals surface area contributed by atoms with Crippen LogP contribution in [0.4, 0.5) is 5.69 Å². The molecule has 0 atom stereocenters. The van der Waals surface area contributed by atoms with E-state index in [1.54, 1.807) is 12.1 Å². The highest BCUT2D eigenvalue weighted by atomic mass is 16.4. The van der Waals surface area contributed by atoms with Crippen molar-refractivity contribution >= 4 is 17.6 Å². The second-order valence-corrected chi connectivity index (χ2v) is 4.75. The van der Waals surface area contributed by atoms with Gasteiger partial charge < -0.3 is 10.4 Å². The molecule has 0 aliphatic rings. The maximum atomic E-state index is 12.2. The molecule has 0 bridgehead atoms. The number of carbonyl (C=O) groups excluding carboxylic acids is 1. The number of anilines is 1. The van der Waals surface area contributed by atoms with Gasteiger partial charge in [0, 0.05) is 11.3 Å². The van der Waals surface area contributed by atoms with Gasteiger partial charge in [-0.05, 0) is 36.2 Å². The number of hydrogen-bond donors (Lipinski definition) is 2. The van der Waals surface area contributed by atoms with Crippen molar-refractivity contribution in [2.75, 3.05) is 5.32 Å². The number of nitrogens with one attached hydrogen (secondary N) is 1. The molecule has 2 N–H and O–H groups in total. The Labute approximate surface area is 123 Å². The van der Waals surface area contributed by atoms with Gasteiger partial charge in [-0.1, -0.05) is 37.6 Å². The van der Waals surface area contributed by atoms with E-state index in [1.807, 2.05) is 24.3 Å². The minimum atomic E-state index is -1.05. The molecular weight excluding hydrogens is 266 g/mol. The first-order valence-electron chi connectivity index (χ1n) is 6.84. The lowest BCUT2D eigenvalue weighted by Gasteiger charge is -2.10. The summed E-state index contributed by atoms with van der Waals surface area (Å²) in [7, 11) is 0. The van der Waals surface area contributed by atoms with Crippen LogP contribution in [0.3, 0.4) is 0 Å². The van der Waals surface area contributed by atoms with E-state index in [9.17, 15) is 9.59 Å². The molecule has 1 amide bonds. The summed E-state index contributed by atoms with van der Waals surface area (Å²) in [4.78, 5) is 23.2. The van der Waals surface area contributed by atoms with Crippen LogP contribution in [-0.4, -0.2) is 17.0 Å². The average Bonchev–Trinajstić information content (AvgIpc) is 2.49. The Bertz CT molecular complexity index is 665. The lowest BCUT2D eigenvalue weighted by molar-refractivity contribution is 0.0697. The molecule has 2 aromatic carbocycles.